The fourth-order valence-corrected chi connectivity index (χ4v) is 1.68. The van der Waals surface area contributed by atoms with Crippen LogP contribution >= 0.6 is 15.9 Å². The van der Waals surface area contributed by atoms with Crippen LogP contribution in [0, 0.1) is 0 Å². The highest BCUT2D eigenvalue weighted by Crippen LogP contribution is 2.16. The summed E-state index contributed by atoms with van der Waals surface area (Å²) in [5.41, 5.74) is 1.62. The van der Waals surface area contributed by atoms with Gasteiger partial charge in [0.2, 0.25) is 0 Å². The number of carbonyl (C=O) groups is 1. The first-order chi connectivity index (χ1) is 7.25. The maximum atomic E-state index is 11.7. The average molecular weight is 265 g/mol. The van der Waals surface area contributed by atoms with Gasteiger partial charge in [0, 0.05) is 12.5 Å². The minimum absolute atomic E-state index is 0.0654. The van der Waals surface area contributed by atoms with Gasteiger partial charge < -0.3 is 4.42 Å². The summed E-state index contributed by atoms with van der Waals surface area (Å²) in [6.07, 6.45) is 1.88. The third-order valence-corrected chi connectivity index (χ3v) is 2.51. The Kier molecular flexibility index (Phi) is 3.02. The van der Waals surface area contributed by atoms with Crippen molar-refractivity contribution in [2.24, 2.45) is 0 Å². The summed E-state index contributed by atoms with van der Waals surface area (Å²) in [5, 5.41) is 0. The Bertz CT molecular complexity index is 459. The number of furan rings is 1. The van der Waals surface area contributed by atoms with Gasteiger partial charge in [0.15, 0.2) is 10.5 Å². The van der Waals surface area contributed by atoms with Crippen LogP contribution in [0.25, 0.3) is 0 Å². The lowest BCUT2D eigenvalue weighted by Gasteiger charge is -1.97. The highest BCUT2D eigenvalue weighted by Gasteiger charge is 2.09. The molecule has 0 bridgehead atoms. The highest BCUT2D eigenvalue weighted by atomic mass is 79.9. The van der Waals surface area contributed by atoms with Gasteiger partial charge in [-0.15, -0.1) is 0 Å². The molecule has 0 radical (unpaired) electrons. The van der Waals surface area contributed by atoms with Gasteiger partial charge in [0.05, 0.1) is 5.56 Å². The van der Waals surface area contributed by atoms with Crippen molar-refractivity contribution in [2.45, 2.75) is 6.42 Å². The van der Waals surface area contributed by atoms with Crippen molar-refractivity contribution in [1.82, 2.24) is 0 Å². The fraction of sp³-hybridized carbons (Fsp3) is 0.0833. The zero-order valence-electron chi connectivity index (χ0n) is 7.94. The van der Waals surface area contributed by atoms with Gasteiger partial charge in [-0.2, -0.15) is 0 Å². The smallest absolute Gasteiger partial charge is 0.170 e. The number of rotatable bonds is 3. The summed E-state index contributed by atoms with van der Waals surface area (Å²) in [5.74, 6) is 0.0654. The molecule has 0 unspecified atom stereocenters. The van der Waals surface area contributed by atoms with Gasteiger partial charge in [-0.1, -0.05) is 30.3 Å². The molecule has 0 atom stereocenters. The lowest BCUT2D eigenvalue weighted by Crippen LogP contribution is -2.01. The van der Waals surface area contributed by atoms with Crippen LogP contribution in [0.15, 0.2) is 51.7 Å². The Morgan fingerprint density at radius 2 is 2.00 bits per heavy atom. The first-order valence-electron chi connectivity index (χ1n) is 4.57. The molecule has 0 fully saturated rings. The Morgan fingerprint density at radius 1 is 1.27 bits per heavy atom. The maximum Gasteiger partial charge on any atom is 0.170 e. The van der Waals surface area contributed by atoms with Gasteiger partial charge in [-0.05, 0) is 21.5 Å². The van der Waals surface area contributed by atoms with E-state index >= 15 is 0 Å². The van der Waals surface area contributed by atoms with E-state index in [-0.39, 0.29) is 5.78 Å². The second-order valence-corrected chi connectivity index (χ2v) is 4.01. The van der Waals surface area contributed by atoms with Gasteiger partial charge in [-0.3, -0.25) is 4.79 Å². The van der Waals surface area contributed by atoms with Crippen molar-refractivity contribution in [3.05, 3.63) is 58.5 Å². The molecular formula is C12H9BrO2. The number of hydrogen-bond donors (Lipinski definition) is 0. The van der Waals surface area contributed by atoms with Crippen LogP contribution in [0.4, 0.5) is 0 Å². The van der Waals surface area contributed by atoms with Crippen LogP contribution < -0.4 is 0 Å². The number of ketones is 1. The first-order valence-corrected chi connectivity index (χ1v) is 5.36. The number of halogens is 1. The van der Waals surface area contributed by atoms with Crippen LogP contribution in [0.5, 0.6) is 0 Å². The molecular weight excluding hydrogens is 256 g/mol. The summed E-state index contributed by atoms with van der Waals surface area (Å²) in [4.78, 5) is 11.7. The normalized spacial score (nSPS) is 10.2. The summed E-state index contributed by atoms with van der Waals surface area (Å²) in [7, 11) is 0. The monoisotopic (exact) mass is 264 g/mol. The van der Waals surface area contributed by atoms with E-state index in [9.17, 15) is 4.79 Å². The summed E-state index contributed by atoms with van der Waals surface area (Å²) < 4.78 is 5.60. The third kappa shape index (κ3) is 2.57. The molecule has 1 aromatic carbocycles. The molecule has 0 N–H and O–H groups in total. The Labute approximate surface area is 96.0 Å². The zero-order valence-corrected chi connectivity index (χ0v) is 9.53. The Balaban J connectivity index is 2.11. The summed E-state index contributed by atoms with van der Waals surface area (Å²) >= 11 is 3.17. The molecule has 2 rings (SSSR count). The van der Waals surface area contributed by atoms with E-state index in [4.69, 9.17) is 4.42 Å². The van der Waals surface area contributed by atoms with Gasteiger partial charge in [0.1, 0.15) is 6.26 Å². The molecule has 76 valence electrons. The fourth-order valence-electron chi connectivity index (χ4n) is 1.34. The van der Waals surface area contributed by atoms with Crippen molar-refractivity contribution in [1.29, 1.82) is 0 Å². The van der Waals surface area contributed by atoms with Crippen molar-refractivity contribution in [3.63, 3.8) is 0 Å². The molecule has 0 spiro atoms. The lowest BCUT2D eigenvalue weighted by atomic mass is 10.1. The molecule has 0 aliphatic rings. The van der Waals surface area contributed by atoms with E-state index in [2.05, 4.69) is 15.9 Å². The van der Waals surface area contributed by atoms with E-state index in [0.717, 1.165) is 5.56 Å². The number of carbonyl (C=O) groups excluding carboxylic acids is 1. The second-order valence-electron chi connectivity index (χ2n) is 3.23. The van der Waals surface area contributed by atoms with Crippen LogP contribution in [-0.4, -0.2) is 5.78 Å². The van der Waals surface area contributed by atoms with Crippen LogP contribution in [-0.2, 0) is 6.42 Å². The molecule has 2 nitrogen and oxygen atoms in total. The molecule has 0 saturated heterocycles. The zero-order chi connectivity index (χ0) is 10.7. The molecule has 0 aliphatic carbocycles. The highest BCUT2D eigenvalue weighted by molar-refractivity contribution is 9.10. The topological polar surface area (TPSA) is 30.2 Å². The third-order valence-electron chi connectivity index (χ3n) is 2.10. The van der Waals surface area contributed by atoms with Crippen molar-refractivity contribution in [2.75, 3.05) is 0 Å². The second kappa shape index (κ2) is 4.45. The molecule has 1 heterocycles. The number of Topliss-reactive ketones (excluding diaryl/α,β-unsaturated/α-hetero) is 1. The van der Waals surface area contributed by atoms with Crippen molar-refractivity contribution >= 4 is 21.7 Å². The van der Waals surface area contributed by atoms with Crippen molar-refractivity contribution < 1.29 is 9.21 Å². The molecule has 0 amide bonds. The maximum absolute atomic E-state index is 11.7. The van der Waals surface area contributed by atoms with E-state index < -0.39 is 0 Å². The van der Waals surface area contributed by atoms with E-state index in [0.29, 0.717) is 16.7 Å². The summed E-state index contributed by atoms with van der Waals surface area (Å²) in [6.45, 7) is 0. The first kappa shape index (κ1) is 10.2. The minimum atomic E-state index is 0.0654. The SMILES string of the molecule is O=C(Cc1ccccc1)c1coc(Br)c1. The minimum Gasteiger partial charge on any atom is -0.457 e. The van der Waals surface area contributed by atoms with Gasteiger partial charge >= 0.3 is 0 Å². The lowest BCUT2D eigenvalue weighted by molar-refractivity contribution is 0.0992. The van der Waals surface area contributed by atoms with Gasteiger partial charge in [-0.25, -0.2) is 0 Å². The molecule has 0 aliphatic heterocycles. The molecule has 0 saturated carbocycles. The van der Waals surface area contributed by atoms with E-state index in [1.54, 1.807) is 6.07 Å². The van der Waals surface area contributed by atoms with Crippen molar-refractivity contribution in [3.8, 4) is 0 Å². The van der Waals surface area contributed by atoms with E-state index in [1.807, 2.05) is 30.3 Å². The molecule has 3 heteroatoms. The Morgan fingerprint density at radius 3 is 2.60 bits per heavy atom. The van der Waals surface area contributed by atoms with E-state index in [1.165, 1.54) is 6.26 Å². The predicted molar refractivity (Wildman–Crippen MR) is 60.9 cm³/mol. The van der Waals surface area contributed by atoms with Crippen LogP contribution in [0.3, 0.4) is 0 Å². The number of hydrogen-bond acceptors (Lipinski definition) is 2. The van der Waals surface area contributed by atoms with Gasteiger partial charge in [0.25, 0.3) is 0 Å². The van der Waals surface area contributed by atoms with Crippen LogP contribution in [0.1, 0.15) is 15.9 Å². The quantitative estimate of drug-likeness (QED) is 0.795. The summed E-state index contributed by atoms with van der Waals surface area (Å²) in [6, 6.07) is 11.3. The molecule has 1 aromatic heterocycles. The standard InChI is InChI=1S/C12H9BrO2/c13-12-7-10(8-15-12)11(14)6-9-4-2-1-3-5-9/h1-5,7-8H,6H2. The molecule has 2 aromatic rings. The molecule has 15 heavy (non-hydrogen) atoms. The van der Waals surface area contributed by atoms with Crippen LogP contribution in [0.2, 0.25) is 0 Å². The largest absolute Gasteiger partial charge is 0.457 e. The average Bonchev–Trinajstić information content (AvgIpc) is 2.66. The predicted octanol–water partition coefficient (Wildman–Crippen LogP) is 3.47. The Hall–Kier alpha value is -1.35. The number of benzene rings is 1.